The van der Waals surface area contributed by atoms with Crippen molar-refractivity contribution >= 4 is 5.96 Å². The highest BCUT2D eigenvalue weighted by molar-refractivity contribution is 5.80. The van der Waals surface area contributed by atoms with Crippen LogP contribution in [-0.4, -0.2) is 52.6 Å². The maximum atomic E-state index is 4.55. The van der Waals surface area contributed by atoms with Crippen LogP contribution < -0.4 is 10.6 Å². The topological polar surface area (TPSA) is 57.5 Å². The highest BCUT2D eigenvalue weighted by atomic mass is 15.3. The summed E-state index contributed by atoms with van der Waals surface area (Å²) in [6, 6.07) is 22.2. The Balaban J connectivity index is 1.24. The summed E-state index contributed by atoms with van der Waals surface area (Å²) in [6.07, 6.45) is 5.90. The van der Waals surface area contributed by atoms with Crippen LogP contribution in [0.4, 0.5) is 0 Å². The van der Waals surface area contributed by atoms with Crippen molar-refractivity contribution in [2.45, 2.75) is 44.9 Å². The second-order valence-electron chi connectivity index (χ2n) is 8.55. The van der Waals surface area contributed by atoms with Crippen molar-refractivity contribution in [3.8, 4) is 0 Å². The summed E-state index contributed by atoms with van der Waals surface area (Å²) < 4.78 is 2.22. The lowest BCUT2D eigenvalue weighted by molar-refractivity contribution is 0.258. The third-order valence-corrected chi connectivity index (χ3v) is 6.14. The number of imidazole rings is 1. The molecule has 6 nitrogen and oxygen atoms in total. The van der Waals surface area contributed by atoms with E-state index < -0.39 is 0 Å². The Morgan fingerprint density at radius 2 is 1.72 bits per heavy atom. The Labute approximate surface area is 191 Å². The van der Waals surface area contributed by atoms with E-state index in [4.69, 9.17) is 0 Å². The first-order valence-electron chi connectivity index (χ1n) is 11.5. The van der Waals surface area contributed by atoms with Gasteiger partial charge in [-0.05, 0) is 24.5 Å². The van der Waals surface area contributed by atoms with Crippen molar-refractivity contribution in [1.29, 1.82) is 0 Å². The van der Waals surface area contributed by atoms with E-state index in [-0.39, 0.29) is 0 Å². The van der Waals surface area contributed by atoms with Gasteiger partial charge in [0.25, 0.3) is 0 Å². The minimum Gasteiger partial charge on any atom is -0.356 e. The molecule has 0 spiro atoms. The molecule has 1 aliphatic rings. The Bertz CT molecular complexity index is 982. The molecule has 2 N–H and O–H groups in total. The molecule has 2 unspecified atom stereocenters. The monoisotopic (exact) mass is 430 g/mol. The Hall–Kier alpha value is -3.12. The predicted octanol–water partition coefficient (Wildman–Crippen LogP) is 3.30. The van der Waals surface area contributed by atoms with Gasteiger partial charge in [-0.2, -0.15) is 0 Å². The molecule has 1 saturated heterocycles. The fourth-order valence-corrected chi connectivity index (χ4v) is 4.41. The van der Waals surface area contributed by atoms with Crippen LogP contribution in [0.15, 0.2) is 78.0 Å². The summed E-state index contributed by atoms with van der Waals surface area (Å²) in [6.45, 7) is 5.98. The van der Waals surface area contributed by atoms with E-state index in [2.05, 4.69) is 97.8 Å². The van der Waals surface area contributed by atoms with Gasteiger partial charge >= 0.3 is 0 Å². The normalized spacial score (nSPS) is 19.2. The fourth-order valence-electron chi connectivity index (χ4n) is 4.41. The number of likely N-dealkylation sites (tertiary alicyclic amines) is 1. The van der Waals surface area contributed by atoms with Gasteiger partial charge in [0.1, 0.15) is 5.82 Å². The molecule has 1 aliphatic heterocycles. The molecule has 4 rings (SSSR count). The highest BCUT2D eigenvalue weighted by Gasteiger charge is 2.29. The van der Waals surface area contributed by atoms with Gasteiger partial charge in [0.05, 0.1) is 0 Å². The maximum absolute atomic E-state index is 4.55. The molecule has 0 aliphatic carbocycles. The van der Waals surface area contributed by atoms with Crippen LogP contribution in [0.5, 0.6) is 0 Å². The van der Waals surface area contributed by atoms with Crippen molar-refractivity contribution in [2.24, 2.45) is 4.99 Å². The number of aliphatic imine (C=N–C) groups is 1. The second kappa shape index (κ2) is 11.0. The molecule has 0 amide bonds. The maximum Gasteiger partial charge on any atom is 0.191 e. The van der Waals surface area contributed by atoms with Gasteiger partial charge in [0.15, 0.2) is 5.96 Å². The van der Waals surface area contributed by atoms with Crippen molar-refractivity contribution in [2.75, 3.05) is 20.1 Å². The molecule has 0 radical (unpaired) electrons. The molecule has 2 atom stereocenters. The summed E-state index contributed by atoms with van der Waals surface area (Å²) in [5.41, 5.74) is 2.65. The number of rotatable bonds is 8. The van der Waals surface area contributed by atoms with Crippen LogP contribution in [0, 0.1) is 0 Å². The zero-order valence-electron chi connectivity index (χ0n) is 19.1. The van der Waals surface area contributed by atoms with Gasteiger partial charge in [-0.1, -0.05) is 60.7 Å². The van der Waals surface area contributed by atoms with Crippen molar-refractivity contribution < 1.29 is 0 Å². The smallest absolute Gasteiger partial charge is 0.191 e. The summed E-state index contributed by atoms with van der Waals surface area (Å²) in [5, 5.41) is 7.09. The van der Waals surface area contributed by atoms with E-state index in [1.165, 1.54) is 11.1 Å². The second-order valence-corrected chi connectivity index (χ2v) is 8.55. The molecule has 2 aromatic carbocycles. The third-order valence-electron chi connectivity index (χ3n) is 6.14. The zero-order valence-corrected chi connectivity index (χ0v) is 19.1. The number of benzene rings is 2. The first kappa shape index (κ1) is 22.1. The van der Waals surface area contributed by atoms with Gasteiger partial charge in [-0.15, -0.1) is 0 Å². The predicted molar refractivity (Wildman–Crippen MR) is 131 cm³/mol. The number of guanidine groups is 1. The highest BCUT2D eigenvalue weighted by Crippen LogP contribution is 2.20. The average Bonchev–Trinajstić information content (AvgIpc) is 3.40. The van der Waals surface area contributed by atoms with E-state index in [9.17, 15) is 0 Å². The summed E-state index contributed by atoms with van der Waals surface area (Å²) in [5.74, 6) is 1.95. The Kier molecular flexibility index (Phi) is 7.56. The Morgan fingerprint density at radius 3 is 2.41 bits per heavy atom. The van der Waals surface area contributed by atoms with Crippen LogP contribution in [0.25, 0.3) is 0 Å². The average molecular weight is 431 g/mol. The molecule has 0 bridgehead atoms. The lowest BCUT2D eigenvalue weighted by Gasteiger charge is -2.21. The molecular formula is C26H34N6. The van der Waals surface area contributed by atoms with Crippen LogP contribution >= 0.6 is 0 Å². The van der Waals surface area contributed by atoms with E-state index in [1.807, 2.05) is 19.3 Å². The minimum atomic E-state index is 0.403. The summed E-state index contributed by atoms with van der Waals surface area (Å²) in [4.78, 5) is 11.5. The van der Waals surface area contributed by atoms with Gasteiger partial charge in [-0.25, -0.2) is 4.98 Å². The molecule has 1 fully saturated rings. The summed E-state index contributed by atoms with van der Waals surface area (Å²) >= 11 is 0. The van der Waals surface area contributed by atoms with E-state index >= 15 is 0 Å². The van der Waals surface area contributed by atoms with Crippen molar-refractivity contribution in [1.82, 2.24) is 25.1 Å². The lowest BCUT2D eigenvalue weighted by atomic mass is 10.2. The molecular weight excluding hydrogens is 396 g/mol. The number of hydrogen-bond donors (Lipinski definition) is 2. The van der Waals surface area contributed by atoms with Gasteiger partial charge in [0.2, 0.25) is 0 Å². The van der Waals surface area contributed by atoms with Crippen LogP contribution in [-0.2, 0) is 19.5 Å². The van der Waals surface area contributed by atoms with Crippen LogP contribution in [0.3, 0.4) is 0 Å². The van der Waals surface area contributed by atoms with Crippen LogP contribution in [0.2, 0.25) is 0 Å². The lowest BCUT2D eigenvalue weighted by Crippen LogP contribution is -2.45. The zero-order chi connectivity index (χ0) is 22.2. The Morgan fingerprint density at radius 1 is 1.03 bits per heavy atom. The molecule has 6 heteroatoms. The first-order valence-corrected chi connectivity index (χ1v) is 11.5. The number of aromatic nitrogens is 2. The van der Waals surface area contributed by atoms with E-state index in [0.29, 0.717) is 12.1 Å². The van der Waals surface area contributed by atoms with Gasteiger partial charge in [0, 0.05) is 64.1 Å². The standard InChI is InChI=1S/C26H34N6/c1-21-17-24(20-32(21)19-23-11-7-4-8-12-23)30-26(27-2)29-14-13-25-28-15-16-31(25)18-22-9-5-3-6-10-22/h3-12,15-16,21,24H,13-14,17-20H2,1-2H3,(H2,27,29,30). The molecule has 1 aromatic heterocycles. The molecule has 0 saturated carbocycles. The molecule has 3 aromatic rings. The van der Waals surface area contributed by atoms with E-state index in [1.54, 1.807) is 0 Å². The van der Waals surface area contributed by atoms with Crippen LogP contribution in [0.1, 0.15) is 30.3 Å². The van der Waals surface area contributed by atoms with E-state index in [0.717, 1.165) is 50.8 Å². The quantitative estimate of drug-likeness (QED) is 0.425. The number of nitrogens with zero attached hydrogens (tertiary/aromatic N) is 4. The summed E-state index contributed by atoms with van der Waals surface area (Å²) in [7, 11) is 1.84. The minimum absolute atomic E-state index is 0.403. The molecule has 168 valence electrons. The fraction of sp³-hybridized carbons (Fsp3) is 0.385. The largest absolute Gasteiger partial charge is 0.356 e. The third kappa shape index (κ3) is 5.98. The van der Waals surface area contributed by atoms with Gasteiger partial charge < -0.3 is 15.2 Å². The number of hydrogen-bond acceptors (Lipinski definition) is 3. The first-order chi connectivity index (χ1) is 15.7. The molecule has 2 heterocycles. The van der Waals surface area contributed by atoms with Crippen molar-refractivity contribution in [3.63, 3.8) is 0 Å². The van der Waals surface area contributed by atoms with Gasteiger partial charge in [-0.3, -0.25) is 9.89 Å². The SMILES string of the molecule is CN=C(NCCc1nccn1Cc1ccccc1)NC1CC(C)N(Cc2ccccc2)C1. The van der Waals surface area contributed by atoms with Crippen molar-refractivity contribution in [3.05, 3.63) is 90.0 Å². The number of nitrogens with one attached hydrogen (secondary N) is 2. The molecule has 32 heavy (non-hydrogen) atoms.